The highest BCUT2D eigenvalue weighted by molar-refractivity contribution is 7.99. The molecule has 1 saturated carbocycles. The third-order valence-electron chi connectivity index (χ3n) is 2.75. The minimum atomic E-state index is -1.23. The van der Waals surface area contributed by atoms with E-state index in [1.807, 2.05) is 0 Å². The van der Waals surface area contributed by atoms with Gasteiger partial charge < -0.3 is 21.1 Å². The van der Waals surface area contributed by atoms with Crippen LogP contribution < -0.4 is 5.73 Å². The molecule has 0 bridgehead atoms. The van der Waals surface area contributed by atoms with Gasteiger partial charge in [-0.1, -0.05) is 0 Å². The Balaban J connectivity index is 2.50. The molecule has 5 N–H and O–H groups in total. The van der Waals surface area contributed by atoms with E-state index in [2.05, 4.69) is 0 Å². The second-order valence-corrected chi connectivity index (χ2v) is 4.91. The number of carboxylic acid groups (broad SMARTS) is 3. The SMILES string of the molecule is NC(C(=O)O)C1C(CSCC(=O)O)C1C(=O)O. The molecule has 0 aromatic rings. The van der Waals surface area contributed by atoms with Crippen LogP contribution in [-0.2, 0) is 14.4 Å². The number of hydrogen-bond donors (Lipinski definition) is 4. The molecule has 4 unspecified atom stereocenters. The number of hydrogen-bond acceptors (Lipinski definition) is 5. The van der Waals surface area contributed by atoms with Crippen molar-refractivity contribution in [3.8, 4) is 0 Å². The molecule has 1 aliphatic rings. The summed E-state index contributed by atoms with van der Waals surface area (Å²) in [7, 11) is 0. The first-order chi connectivity index (χ1) is 7.86. The topological polar surface area (TPSA) is 138 Å². The van der Waals surface area contributed by atoms with Gasteiger partial charge in [-0.3, -0.25) is 14.4 Å². The fourth-order valence-electron chi connectivity index (χ4n) is 1.90. The van der Waals surface area contributed by atoms with Gasteiger partial charge in [-0.15, -0.1) is 11.8 Å². The summed E-state index contributed by atoms with van der Waals surface area (Å²) >= 11 is 1.07. The summed E-state index contributed by atoms with van der Waals surface area (Å²) in [5, 5.41) is 26.0. The van der Waals surface area contributed by atoms with Gasteiger partial charge in [0.05, 0.1) is 11.7 Å². The zero-order chi connectivity index (χ0) is 13.2. The van der Waals surface area contributed by atoms with E-state index in [-0.39, 0.29) is 11.7 Å². The smallest absolute Gasteiger partial charge is 0.320 e. The van der Waals surface area contributed by atoms with Crippen molar-refractivity contribution in [1.29, 1.82) is 0 Å². The van der Waals surface area contributed by atoms with Crippen molar-refractivity contribution >= 4 is 29.7 Å². The van der Waals surface area contributed by atoms with E-state index in [4.69, 9.17) is 21.1 Å². The predicted molar refractivity (Wildman–Crippen MR) is 58.7 cm³/mol. The van der Waals surface area contributed by atoms with Crippen LogP contribution in [0.2, 0.25) is 0 Å². The monoisotopic (exact) mass is 263 g/mol. The zero-order valence-electron chi connectivity index (χ0n) is 8.78. The lowest BCUT2D eigenvalue weighted by atomic mass is 10.1. The number of thioether (sulfide) groups is 1. The molecule has 4 atom stereocenters. The standard InChI is InChI=1S/C9H13NO6S/c10-7(9(15)16)5-3(6(5)8(13)14)1-17-2-4(11)12/h3,5-7H,1-2,10H2,(H,11,12)(H,13,14)(H,15,16). The molecule has 1 rings (SSSR count). The Bertz CT molecular complexity index is 346. The number of nitrogens with two attached hydrogens (primary N) is 1. The van der Waals surface area contributed by atoms with E-state index in [1.54, 1.807) is 0 Å². The Morgan fingerprint density at radius 1 is 1.24 bits per heavy atom. The minimum absolute atomic E-state index is 0.127. The Kier molecular flexibility index (Phi) is 4.35. The lowest BCUT2D eigenvalue weighted by molar-refractivity contribution is -0.140. The Morgan fingerprint density at radius 2 is 1.82 bits per heavy atom. The van der Waals surface area contributed by atoms with Gasteiger partial charge in [-0.05, 0) is 11.7 Å². The van der Waals surface area contributed by atoms with E-state index < -0.39 is 35.8 Å². The molecule has 0 spiro atoms. The summed E-state index contributed by atoms with van der Waals surface area (Å²) in [5.74, 6) is -4.86. The quantitative estimate of drug-likeness (QED) is 0.466. The highest BCUT2D eigenvalue weighted by Crippen LogP contribution is 2.49. The van der Waals surface area contributed by atoms with Crippen LogP contribution in [0.4, 0.5) is 0 Å². The molecule has 1 aliphatic carbocycles. The molecule has 0 amide bonds. The third kappa shape index (κ3) is 3.34. The highest BCUT2D eigenvalue weighted by atomic mass is 32.2. The predicted octanol–water partition coefficient (Wildman–Crippen LogP) is -0.837. The Labute approximate surface area is 101 Å². The van der Waals surface area contributed by atoms with Crippen LogP contribution in [0.3, 0.4) is 0 Å². The van der Waals surface area contributed by atoms with Crippen LogP contribution in [0.25, 0.3) is 0 Å². The Morgan fingerprint density at radius 3 is 2.24 bits per heavy atom. The summed E-state index contributed by atoms with van der Waals surface area (Å²) in [6, 6.07) is -1.20. The molecule has 1 fully saturated rings. The average Bonchev–Trinajstić information content (AvgIpc) is 2.90. The number of rotatable bonds is 7. The molecule has 7 nitrogen and oxygen atoms in total. The average molecular weight is 263 g/mol. The third-order valence-corrected chi connectivity index (χ3v) is 3.82. The van der Waals surface area contributed by atoms with Crippen molar-refractivity contribution in [2.75, 3.05) is 11.5 Å². The largest absolute Gasteiger partial charge is 0.481 e. The van der Waals surface area contributed by atoms with Gasteiger partial charge >= 0.3 is 17.9 Å². The summed E-state index contributed by atoms with van der Waals surface area (Å²) in [6.07, 6.45) is 0. The van der Waals surface area contributed by atoms with Crippen LogP contribution in [0.1, 0.15) is 0 Å². The van der Waals surface area contributed by atoms with Gasteiger partial charge in [-0.25, -0.2) is 0 Å². The molecular formula is C9H13NO6S. The van der Waals surface area contributed by atoms with E-state index in [0.717, 1.165) is 11.8 Å². The lowest BCUT2D eigenvalue weighted by Gasteiger charge is -2.04. The number of carboxylic acids is 3. The van der Waals surface area contributed by atoms with Gasteiger partial charge in [-0.2, -0.15) is 0 Å². The molecule has 0 aromatic heterocycles. The van der Waals surface area contributed by atoms with Crippen molar-refractivity contribution in [2.45, 2.75) is 6.04 Å². The van der Waals surface area contributed by atoms with Crippen LogP contribution >= 0.6 is 11.8 Å². The van der Waals surface area contributed by atoms with Crippen molar-refractivity contribution in [3.05, 3.63) is 0 Å². The fraction of sp³-hybridized carbons (Fsp3) is 0.667. The molecule has 8 heteroatoms. The van der Waals surface area contributed by atoms with E-state index in [9.17, 15) is 14.4 Å². The second kappa shape index (κ2) is 5.37. The maximum atomic E-state index is 10.8. The van der Waals surface area contributed by atoms with E-state index in [0.29, 0.717) is 5.75 Å². The molecule has 96 valence electrons. The molecule has 0 aromatic carbocycles. The maximum Gasteiger partial charge on any atom is 0.320 e. The molecule has 0 heterocycles. The van der Waals surface area contributed by atoms with Gasteiger partial charge in [0.25, 0.3) is 0 Å². The molecule has 0 saturated heterocycles. The summed E-state index contributed by atoms with van der Waals surface area (Å²) in [4.78, 5) is 31.8. The van der Waals surface area contributed by atoms with Gasteiger partial charge in [0, 0.05) is 5.92 Å². The minimum Gasteiger partial charge on any atom is -0.481 e. The van der Waals surface area contributed by atoms with Crippen LogP contribution in [0, 0.1) is 17.8 Å². The second-order valence-electron chi connectivity index (χ2n) is 3.88. The first-order valence-corrected chi connectivity index (χ1v) is 6.02. The van der Waals surface area contributed by atoms with E-state index >= 15 is 0 Å². The molecule has 0 radical (unpaired) electrons. The van der Waals surface area contributed by atoms with Crippen LogP contribution in [-0.4, -0.2) is 50.8 Å². The van der Waals surface area contributed by atoms with Gasteiger partial charge in [0.2, 0.25) is 0 Å². The van der Waals surface area contributed by atoms with Crippen molar-refractivity contribution < 1.29 is 29.7 Å². The normalized spacial score (nSPS) is 28.4. The van der Waals surface area contributed by atoms with Gasteiger partial charge in [0.1, 0.15) is 6.04 Å². The van der Waals surface area contributed by atoms with Crippen molar-refractivity contribution in [2.24, 2.45) is 23.5 Å². The first kappa shape index (κ1) is 13.8. The van der Waals surface area contributed by atoms with Crippen molar-refractivity contribution in [1.82, 2.24) is 0 Å². The summed E-state index contributed by atoms with van der Waals surface area (Å²) in [6.45, 7) is 0. The number of carbonyl (C=O) groups is 3. The first-order valence-electron chi connectivity index (χ1n) is 4.87. The lowest BCUT2D eigenvalue weighted by Crippen LogP contribution is -2.34. The number of aliphatic carboxylic acids is 3. The fourth-order valence-corrected chi connectivity index (χ4v) is 2.89. The van der Waals surface area contributed by atoms with Crippen LogP contribution in [0.5, 0.6) is 0 Å². The van der Waals surface area contributed by atoms with Crippen LogP contribution in [0.15, 0.2) is 0 Å². The van der Waals surface area contributed by atoms with Gasteiger partial charge in [0.15, 0.2) is 0 Å². The van der Waals surface area contributed by atoms with E-state index in [1.165, 1.54) is 0 Å². The highest BCUT2D eigenvalue weighted by Gasteiger charge is 2.59. The molecular weight excluding hydrogens is 250 g/mol. The van der Waals surface area contributed by atoms with Crippen molar-refractivity contribution in [3.63, 3.8) is 0 Å². The molecule has 0 aliphatic heterocycles. The zero-order valence-corrected chi connectivity index (χ0v) is 9.59. The summed E-state index contributed by atoms with van der Waals surface area (Å²) < 4.78 is 0. The maximum absolute atomic E-state index is 10.8. The molecule has 17 heavy (non-hydrogen) atoms. The summed E-state index contributed by atoms with van der Waals surface area (Å²) in [5.41, 5.74) is 5.38. The Hall–Kier alpha value is -1.28.